The summed E-state index contributed by atoms with van der Waals surface area (Å²) in [4.78, 5) is 0.279. The van der Waals surface area contributed by atoms with Gasteiger partial charge in [0.05, 0.1) is 11.5 Å². The molecule has 0 saturated heterocycles. The van der Waals surface area contributed by atoms with Crippen LogP contribution in [0.2, 0.25) is 0 Å². The van der Waals surface area contributed by atoms with E-state index in [4.69, 9.17) is 4.74 Å². The number of sulfonamides is 1. The van der Waals surface area contributed by atoms with Gasteiger partial charge in [-0.15, -0.1) is 0 Å². The first-order chi connectivity index (χ1) is 9.62. The van der Waals surface area contributed by atoms with Gasteiger partial charge in [0.15, 0.2) is 0 Å². The average molecular weight is 296 g/mol. The molecule has 0 atom stereocenters. The highest BCUT2D eigenvalue weighted by atomic mass is 32.2. The predicted molar refractivity (Wildman–Crippen MR) is 77.9 cm³/mol. The second-order valence-electron chi connectivity index (χ2n) is 4.72. The van der Waals surface area contributed by atoms with Gasteiger partial charge in [-0.2, -0.15) is 0 Å². The van der Waals surface area contributed by atoms with Crippen molar-refractivity contribution in [3.63, 3.8) is 0 Å². The van der Waals surface area contributed by atoms with Gasteiger partial charge in [-0.3, -0.25) is 0 Å². The van der Waals surface area contributed by atoms with Crippen LogP contribution in [0.5, 0.6) is 0 Å². The molecule has 0 amide bonds. The molecule has 0 bridgehead atoms. The van der Waals surface area contributed by atoms with E-state index >= 15 is 0 Å². The lowest BCUT2D eigenvalue weighted by molar-refractivity contribution is 0.184. The maximum atomic E-state index is 12.2. The highest BCUT2D eigenvalue weighted by Gasteiger charge is 2.15. The zero-order chi connectivity index (χ0) is 14.4. The van der Waals surface area contributed by atoms with Crippen LogP contribution in [0.15, 0.2) is 40.8 Å². The molecule has 110 valence electrons. The molecule has 1 heterocycles. The van der Waals surface area contributed by atoms with Crippen LogP contribution in [0.3, 0.4) is 0 Å². The SMILES string of the molecule is COCc1cccc(S(=O)(=O)NCC2=CCNCC2)c1. The minimum atomic E-state index is -3.47. The normalized spacial score (nSPS) is 15.9. The third-order valence-corrected chi connectivity index (χ3v) is 4.57. The number of ether oxygens (including phenoxy) is 1. The Kier molecular flexibility index (Phi) is 5.31. The monoisotopic (exact) mass is 296 g/mol. The molecule has 0 saturated carbocycles. The van der Waals surface area contributed by atoms with Crippen molar-refractivity contribution < 1.29 is 13.2 Å². The number of methoxy groups -OCH3 is 1. The summed E-state index contributed by atoms with van der Waals surface area (Å²) in [7, 11) is -1.88. The van der Waals surface area contributed by atoms with Gasteiger partial charge in [0.1, 0.15) is 0 Å². The fourth-order valence-corrected chi connectivity index (χ4v) is 3.18. The third kappa shape index (κ3) is 4.14. The van der Waals surface area contributed by atoms with Crippen molar-refractivity contribution in [1.82, 2.24) is 10.0 Å². The number of hydrogen-bond donors (Lipinski definition) is 2. The Morgan fingerprint density at radius 3 is 2.95 bits per heavy atom. The molecule has 0 spiro atoms. The summed E-state index contributed by atoms with van der Waals surface area (Å²) in [6.07, 6.45) is 2.92. The van der Waals surface area contributed by atoms with Gasteiger partial charge in [-0.1, -0.05) is 23.8 Å². The van der Waals surface area contributed by atoms with Crippen LogP contribution < -0.4 is 10.0 Å². The van der Waals surface area contributed by atoms with E-state index in [-0.39, 0.29) is 4.90 Å². The molecular formula is C14H20N2O3S. The largest absolute Gasteiger partial charge is 0.380 e. The number of rotatable bonds is 6. The van der Waals surface area contributed by atoms with Gasteiger partial charge in [0.25, 0.3) is 0 Å². The van der Waals surface area contributed by atoms with Crippen LogP contribution in [0.1, 0.15) is 12.0 Å². The Bertz CT molecular complexity index is 582. The molecule has 1 aliphatic heterocycles. The second kappa shape index (κ2) is 6.99. The molecule has 0 aliphatic carbocycles. The molecule has 6 heteroatoms. The van der Waals surface area contributed by atoms with Crippen molar-refractivity contribution in [1.29, 1.82) is 0 Å². The van der Waals surface area contributed by atoms with E-state index in [0.29, 0.717) is 13.2 Å². The van der Waals surface area contributed by atoms with Gasteiger partial charge in [-0.25, -0.2) is 13.1 Å². The van der Waals surface area contributed by atoms with Crippen LogP contribution in [-0.2, 0) is 21.4 Å². The fourth-order valence-electron chi connectivity index (χ4n) is 2.07. The number of hydrogen-bond acceptors (Lipinski definition) is 4. The van der Waals surface area contributed by atoms with E-state index in [2.05, 4.69) is 10.0 Å². The van der Waals surface area contributed by atoms with Crippen LogP contribution in [-0.4, -0.2) is 35.2 Å². The molecule has 20 heavy (non-hydrogen) atoms. The van der Waals surface area contributed by atoms with Crippen molar-refractivity contribution in [3.8, 4) is 0 Å². The van der Waals surface area contributed by atoms with E-state index in [1.54, 1.807) is 25.3 Å². The van der Waals surface area contributed by atoms with Gasteiger partial charge >= 0.3 is 0 Å². The van der Waals surface area contributed by atoms with Gasteiger partial charge < -0.3 is 10.1 Å². The van der Waals surface area contributed by atoms with E-state index < -0.39 is 10.0 Å². The van der Waals surface area contributed by atoms with Crippen molar-refractivity contribution >= 4 is 10.0 Å². The zero-order valence-electron chi connectivity index (χ0n) is 11.6. The Hall–Kier alpha value is -1.21. The fraction of sp³-hybridized carbons (Fsp3) is 0.429. The first-order valence-electron chi connectivity index (χ1n) is 6.58. The van der Waals surface area contributed by atoms with E-state index in [1.807, 2.05) is 12.1 Å². The lowest BCUT2D eigenvalue weighted by Gasteiger charge is -2.15. The molecule has 2 rings (SSSR count). The second-order valence-corrected chi connectivity index (χ2v) is 6.49. The molecule has 0 fully saturated rings. The summed E-state index contributed by atoms with van der Waals surface area (Å²) in [6.45, 7) is 2.48. The highest BCUT2D eigenvalue weighted by molar-refractivity contribution is 7.89. The Morgan fingerprint density at radius 2 is 2.25 bits per heavy atom. The first kappa shape index (κ1) is 15.2. The quantitative estimate of drug-likeness (QED) is 0.770. The number of benzene rings is 1. The average Bonchev–Trinajstić information content (AvgIpc) is 2.47. The summed E-state index contributed by atoms with van der Waals surface area (Å²) in [5.74, 6) is 0. The molecule has 1 aliphatic rings. The van der Waals surface area contributed by atoms with Crippen molar-refractivity contribution in [2.75, 3.05) is 26.7 Å². The molecule has 0 radical (unpaired) electrons. The summed E-state index contributed by atoms with van der Waals surface area (Å²) < 4.78 is 32.1. The van der Waals surface area contributed by atoms with E-state index in [9.17, 15) is 8.42 Å². The lowest BCUT2D eigenvalue weighted by atomic mass is 10.1. The van der Waals surface area contributed by atoms with Crippen LogP contribution in [0.25, 0.3) is 0 Å². The van der Waals surface area contributed by atoms with Crippen molar-refractivity contribution in [2.24, 2.45) is 0 Å². The standard InChI is InChI=1S/C14H20N2O3S/c1-19-11-13-3-2-4-14(9-13)20(17,18)16-10-12-5-7-15-8-6-12/h2-5,9,15-16H,6-8,10-11H2,1H3. The van der Waals surface area contributed by atoms with Crippen LogP contribution >= 0.6 is 0 Å². The zero-order valence-corrected chi connectivity index (χ0v) is 12.4. The Balaban J connectivity index is 2.05. The molecular weight excluding hydrogens is 276 g/mol. The molecule has 0 aromatic heterocycles. The van der Waals surface area contributed by atoms with Crippen molar-refractivity contribution in [3.05, 3.63) is 41.5 Å². The van der Waals surface area contributed by atoms with Crippen LogP contribution in [0, 0.1) is 0 Å². The molecule has 1 aromatic rings. The Labute approximate surface area is 120 Å². The maximum absolute atomic E-state index is 12.2. The van der Waals surface area contributed by atoms with Crippen molar-refractivity contribution in [2.45, 2.75) is 17.9 Å². The molecule has 2 N–H and O–H groups in total. The summed E-state index contributed by atoms with van der Waals surface area (Å²) in [6, 6.07) is 6.81. The van der Waals surface area contributed by atoms with Crippen LogP contribution in [0.4, 0.5) is 0 Å². The minimum Gasteiger partial charge on any atom is -0.380 e. The van der Waals surface area contributed by atoms with Gasteiger partial charge in [0.2, 0.25) is 10.0 Å². The Morgan fingerprint density at radius 1 is 1.40 bits per heavy atom. The first-order valence-corrected chi connectivity index (χ1v) is 8.06. The van der Waals surface area contributed by atoms with Gasteiger partial charge in [-0.05, 0) is 30.7 Å². The lowest BCUT2D eigenvalue weighted by Crippen LogP contribution is -2.29. The van der Waals surface area contributed by atoms with Gasteiger partial charge in [0, 0.05) is 20.2 Å². The van der Waals surface area contributed by atoms with E-state index in [0.717, 1.165) is 30.6 Å². The summed E-state index contributed by atoms with van der Waals surface area (Å²) in [5.41, 5.74) is 1.97. The minimum absolute atomic E-state index is 0.279. The molecule has 0 unspecified atom stereocenters. The topological polar surface area (TPSA) is 67.4 Å². The summed E-state index contributed by atoms with van der Waals surface area (Å²) in [5, 5.41) is 3.20. The molecule has 1 aromatic carbocycles. The smallest absolute Gasteiger partial charge is 0.240 e. The predicted octanol–water partition coefficient (Wildman–Crippen LogP) is 1.03. The maximum Gasteiger partial charge on any atom is 0.240 e. The van der Waals surface area contributed by atoms with E-state index in [1.165, 1.54) is 0 Å². The third-order valence-electron chi connectivity index (χ3n) is 3.17. The molecule has 5 nitrogen and oxygen atoms in total. The number of nitrogens with one attached hydrogen (secondary N) is 2. The highest BCUT2D eigenvalue weighted by Crippen LogP contribution is 2.13. The summed E-state index contributed by atoms with van der Waals surface area (Å²) >= 11 is 0.